The highest BCUT2D eigenvalue weighted by Crippen LogP contribution is 2.44. The van der Waals surface area contributed by atoms with Crippen LogP contribution in [0.25, 0.3) is 87.3 Å². The molecule has 0 atom stereocenters. The van der Waals surface area contributed by atoms with Crippen LogP contribution < -0.4 is 4.90 Å². The van der Waals surface area contributed by atoms with Crippen molar-refractivity contribution in [2.75, 3.05) is 4.90 Å². The number of nitrogens with zero attached hydrogens (tertiary/aromatic N) is 1. The van der Waals surface area contributed by atoms with Gasteiger partial charge in [-0.05, 0) is 79.2 Å². The van der Waals surface area contributed by atoms with Crippen molar-refractivity contribution in [2.24, 2.45) is 0 Å². The van der Waals surface area contributed by atoms with E-state index in [-0.39, 0.29) is 0 Å². The maximum absolute atomic E-state index is 6.79. The van der Waals surface area contributed by atoms with Gasteiger partial charge in [-0.25, -0.2) is 0 Å². The van der Waals surface area contributed by atoms with E-state index >= 15 is 0 Å². The Labute approximate surface area is 312 Å². The van der Waals surface area contributed by atoms with Crippen LogP contribution >= 0.6 is 0 Å². The summed E-state index contributed by atoms with van der Waals surface area (Å²) >= 11 is 0. The van der Waals surface area contributed by atoms with Crippen LogP contribution in [0.5, 0.6) is 0 Å². The maximum atomic E-state index is 6.79. The Hall–Kier alpha value is -7.16. The Bertz CT molecular complexity index is 3210. The number of fused-ring (bicyclic) bond motifs is 9. The number of rotatable bonds is 5. The van der Waals surface area contributed by atoms with Crippen LogP contribution in [0, 0.1) is 0 Å². The summed E-state index contributed by atoms with van der Waals surface area (Å²) < 4.78 is 6.79. The van der Waals surface area contributed by atoms with Crippen molar-refractivity contribution < 1.29 is 4.42 Å². The summed E-state index contributed by atoms with van der Waals surface area (Å²) in [4.78, 5) is 2.41. The topological polar surface area (TPSA) is 16.4 Å². The average molecular weight is 688 g/mol. The van der Waals surface area contributed by atoms with E-state index in [2.05, 4.69) is 205 Å². The van der Waals surface area contributed by atoms with Gasteiger partial charge in [0.05, 0.1) is 5.69 Å². The van der Waals surface area contributed by atoms with Gasteiger partial charge < -0.3 is 9.32 Å². The van der Waals surface area contributed by atoms with Crippen LogP contribution in [0.15, 0.2) is 205 Å². The summed E-state index contributed by atoms with van der Waals surface area (Å²) in [5.41, 5.74) is 9.60. The van der Waals surface area contributed by atoms with Crippen molar-refractivity contribution in [3.63, 3.8) is 0 Å². The van der Waals surface area contributed by atoms with Gasteiger partial charge in [-0.15, -0.1) is 0 Å². The predicted octanol–water partition coefficient (Wildman–Crippen LogP) is 15.0. The summed E-state index contributed by atoms with van der Waals surface area (Å²) in [5, 5.41) is 12.2. The molecule has 11 aromatic rings. The minimum Gasteiger partial charge on any atom is -0.455 e. The SMILES string of the molecule is c1ccc(-c2cccc3c2oc2c(-c4ccc(N(c5ccc6ccc7ccccc7c6c5)c5cccc6c5ccc5ccccc56)cc4)cccc23)cc1. The van der Waals surface area contributed by atoms with Crippen LogP contribution in [0.3, 0.4) is 0 Å². The Balaban J connectivity index is 1.09. The highest BCUT2D eigenvalue weighted by Gasteiger charge is 2.19. The van der Waals surface area contributed by atoms with E-state index in [1.54, 1.807) is 0 Å². The molecule has 1 aromatic heterocycles. The first-order chi connectivity index (χ1) is 26.8. The van der Waals surface area contributed by atoms with E-state index < -0.39 is 0 Å². The molecule has 0 fully saturated rings. The number of hydrogen-bond acceptors (Lipinski definition) is 2. The minimum atomic E-state index is 0.905. The van der Waals surface area contributed by atoms with Crippen molar-refractivity contribution in [2.45, 2.75) is 0 Å². The second-order valence-electron chi connectivity index (χ2n) is 14.1. The second-order valence-corrected chi connectivity index (χ2v) is 14.1. The zero-order chi connectivity index (χ0) is 35.6. The summed E-state index contributed by atoms with van der Waals surface area (Å²) in [6.45, 7) is 0. The molecule has 0 unspecified atom stereocenters. The van der Waals surface area contributed by atoms with E-state index in [9.17, 15) is 0 Å². The zero-order valence-corrected chi connectivity index (χ0v) is 29.4. The Morgan fingerprint density at radius 2 is 0.796 bits per heavy atom. The number of anilines is 3. The molecular weight excluding hydrogens is 655 g/mol. The van der Waals surface area contributed by atoms with Crippen molar-refractivity contribution in [1.29, 1.82) is 0 Å². The van der Waals surface area contributed by atoms with Gasteiger partial charge in [0.1, 0.15) is 11.2 Å². The molecule has 0 radical (unpaired) electrons. The number of para-hydroxylation sites is 2. The molecule has 0 bridgehead atoms. The third kappa shape index (κ3) is 4.81. The molecule has 0 spiro atoms. The number of furan rings is 1. The fourth-order valence-corrected chi connectivity index (χ4v) is 8.46. The van der Waals surface area contributed by atoms with Gasteiger partial charge in [-0.1, -0.05) is 170 Å². The zero-order valence-electron chi connectivity index (χ0n) is 29.4. The van der Waals surface area contributed by atoms with E-state index in [0.717, 1.165) is 61.3 Å². The Kier molecular flexibility index (Phi) is 6.90. The van der Waals surface area contributed by atoms with Crippen LogP contribution in [0.2, 0.25) is 0 Å². The molecule has 0 aliphatic heterocycles. The molecule has 2 nitrogen and oxygen atoms in total. The van der Waals surface area contributed by atoms with Gasteiger partial charge in [0.15, 0.2) is 0 Å². The van der Waals surface area contributed by atoms with Gasteiger partial charge in [-0.2, -0.15) is 0 Å². The van der Waals surface area contributed by atoms with Gasteiger partial charge in [0.25, 0.3) is 0 Å². The number of hydrogen-bond donors (Lipinski definition) is 0. The molecule has 54 heavy (non-hydrogen) atoms. The molecule has 0 aliphatic carbocycles. The van der Waals surface area contributed by atoms with E-state index in [1.165, 1.54) is 43.1 Å². The van der Waals surface area contributed by atoms with E-state index in [0.29, 0.717) is 0 Å². The lowest BCUT2D eigenvalue weighted by Crippen LogP contribution is -2.10. The molecule has 0 N–H and O–H groups in total. The highest BCUT2D eigenvalue weighted by atomic mass is 16.3. The van der Waals surface area contributed by atoms with Crippen LogP contribution in [0.4, 0.5) is 17.1 Å². The van der Waals surface area contributed by atoms with Crippen molar-refractivity contribution in [1.82, 2.24) is 0 Å². The third-order valence-corrected chi connectivity index (χ3v) is 11.0. The van der Waals surface area contributed by atoms with Gasteiger partial charge in [-0.3, -0.25) is 0 Å². The maximum Gasteiger partial charge on any atom is 0.143 e. The highest BCUT2D eigenvalue weighted by molar-refractivity contribution is 6.15. The van der Waals surface area contributed by atoms with E-state index in [4.69, 9.17) is 4.42 Å². The van der Waals surface area contributed by atoms with Gasteiger partial charge in [0.2, 0.25) is 0 Å². The first kappa shape index (κ1) is 30.5. The first-order valence-corrected chi connectivity index (χ1v) is 18.5. The van der Waals surface area contributed by atoms with Crippen molar-refractivity contribution in [3.05, 3.63) is 200 Å². The lowest BCUT2D eigenvalue weighted by atomic mass is 9.98. The van der Waals surface area contributed by atoms with Crippen molar-refractivity contribution in [3.8, 4) is 22.3 Å². The summed E-state index contributed by atoms with van der Waals surface area (Å²) in [6, 6.07) is 72.2. The largest absolute Gasteiger partial charge is 0.455 e. The minimum absolute atomic E-state index is 0.905. The molecule has 0 saturated heterocycles. The predicted molar refractivity (Wildman–Crippen MR) is 229 cm³/mol. The molecule has 0 amide bonds. The van der Waals surface area contributed by atoms with E-state index in [1.807, 2.05) is 0 Å². The first-order valence-electron chi connectivity index (χ1n) is 18.5. The van der Waals surface area contributed by atoms with Crippen molar-refractivity contribution >= 4 is 82.1 Å². The standard InChI is InChI=1S/C52H33NO/c1-2-11-34(12-3-1)43-17-8-20-47-48-21-9-18-44(52(48)54-51(43)47)37-25-29-39(30-26-37)53(40-31-27-38-24-23-35-13-5-7-16-42(35)49(38)33-40)50-22-10-19-45-41-15-6-4-14-36(41)28-32-46(45)50/h1-33H. The third-order valence-electron chi connectivity index (χ3n) is 11.0. The van der Waals surface area contributed by atoms with Crippen LogP contribution in [-0.4, -0.2) is 0 Å². The lowest BCUT2D eigenvalue weighted by molar-refractivity contribution is 0.671. The quantitative estimate of drug-likeness (QED) is 0.168. The van der Waals surface area contributed by atoms with Crippen LogP contribution in [-0.2, 0) is 0 Å². The fraction of sp³-hybridized carbons (Fsp3) is 0. The average Bonchev–Trinajstić information content (AvgIpc) is 3.64. The molecule has 2 heteroatoms. The Morgan fingerprint density at radius 3 is 1.50 bits per heavy atom. The monoisotopic (exact) mass is 687 g/mol. The second kappa shape index (κ2) is 12.2. The molecule has 11 rings (SSSR count). The summed E-state index contributed by atoms with van der Waals surface area (Å²) in [6.07, 6.45) is 0. The molecular formula is C52H33NO. The summed E-state index contributed by atoms with van der Waals surface area (Å²) in [7, 11) is 0. The molecule has 0 aliphatic rings. The molecule has 0 saturated carbocycles. The van der Waals surface area contributed by atoms with Gasteiger partial charge >= 0.3 is 0 Å². The molecule has 252 valence electrons. The number of benzene rings is 10. The summed E-state index contributed by atoms with van der Waals surface area (Å²) in [5.74, 6) is 0. The normalized spacial score (nSPS) is 11.7. The smallest absolute Gasteiger partial charge is 0.143 e. The molecule has 10 aromatic carbocycles. The lowest BCUT2D eigenvalue weighted by Gasteiger charge is -2.28. The fourth-order valence-electron chi connectivity index (χ4n) is 8.46. The molecule has 1 heterocycles. The van der Waals surface area contributed by atoms with Crippen LogP contribution in [0.1, 0.15) is 0 Å². The van der Waals surface area contributed by atoms with Gasteiger partial charge in [0, 0.05) is 38.7 Å². The Morgan fingerprint density at radius 1 is 0.296 bits per heavy atom.